The molecule has 6 nitrogen and oxygen atoms in total. The predicted molar refractivity (Wildman–Crippen MR) is 121 cm³/mol. The number of carbonyl (C=O) groups excluding carboxylic acids is 1. The van der Waals surface area contributed by atoms with Crippen LogP contribution in [0.5, 0.6) is 17.2 Å². The Hall–Kier alpha value is -2.98. The van der Waals surface area contributed by atoms with Gasteiger partial charge in [0.25, 0.3) is 5.91 Å². The van der Waals surface area contributed by atoms with Crippen LogP contribution in [0.25, 0.3) is 6.08 Å². The summed E-state index contributed by atoms with van der Waals surface area (Å²) >= 11 is 3.49. The molecule has 0 fully saturated rings. The van der Waals surface area contributed by atoms with Gasteiger partial charge < -0.3 is 19.5 Å². The Labute approximate surface area is 185 Å². The van der Waals surface area contributed by atoms with Crippen molar-refractivity contribution in [1.29, 1.82) is 5.26 Å². The molecule has 2 aromatic carbocycles. The molecular weight excluding hydrogens is 448 g/mol. The molecule has 0 aliphatic carbocycles. The molecular formula is C23H25BrN2O4. The van der Waals surface area contributed by atoms with E-state index >= 15 is 0 Å². The number of hydrogen-bond donors (Lipinski definition) is 1. The highest BCUT2D eigenvalue weighted by molar-refractivity contribution is 9.10. The molecule has 0 saturated carbocycles. The van der Waals surface area contributed by atoms with Gasteiger partial charge in [-0.2, -0.15) is 5.26 Å². The number of nitrogens with one attached hydrogen (secondary N) is 1. The van der Waals surface area contributed by atoms with Gasteiger partial charge >= 0.3 is 0 Å². The zero-order valence-electron chi connectivity index (χ0n) is 17.3. The minimum Gasteiger partial charge on any atom is -0.494 e. The molecule has 1 amide bonds. The number of nitrogens with zero attached hydrogens (tertiary/aromatic N) is 1. The van der Waals surface area contributed by atoms with Gasteiger partial charge in [-0.05, 0) is 68.3 Å². The molecule has 2 rings (SSSR count). The van der Waals surface area contributed by atoms with Crippen molar-refractivity contribution < 1.29 is 19.0 Å². The van der Waals surface area contributed by atoms with Crippen molar-refractivity contribution in [2.75, 3.05) is 25.1 Å². The summed E-state index contributed by atoms with van der Waals surface area (Å²) in [6, 6.07) is 12.5. The first-order valence-corrected chi connectivity index (χ1v) is 10.6. The molecule has 0 unspecified atom stereocenters. The number of halogens is 1. The molecule has 0 bridgehead atoms. The van der Waals surface area contributed by atoms with Gasteiger partial charge in [-0.15, -0.1) is 0 Å². The lowest BCUT2D eigenvalue weighted by atomic mass is 10.1. The second-order valence-electron chi connectivity index (χ2n) is 6.18. The van der Waals surface area contributed by atoms with E-state index in [2.05, 4.69) is 21.2 Å². The summed E-state index contributed by atoms with van der Waals surface area (Å²) in [5.41, 5.74) is 1.18. The summed E-state index contributed by atoms with van der Waals surface area (Å²) in [5, 5.41) is 12.2. The van der Waals surface area contributed by atoms with Crippen LogP contribution in [0.4, 0.5) is 5.69 Å². The fraction of sp³-hybridized carbons (Fsp3) is 0.304. The van der Waals surface area contributed by atoms with Crippen LogP contribution in [0.1, 0.15) is 32.8 Å². The predicted octanol–water partition coefficient (Wildman–Crippen LogP) is 5.58. The number of amides is 1. The van der Waals surface area contributed by atoms with Crippen molar-refractivity contribution in [2.24, 2.45) is 0 Å². The molecule has 1 N–H and O–H groups in total. The molecule has 0 aliphatic rings. The van der Waals surface area contributed by atoms with Crippen LogP contribution in [0.15, 0.2) is 46.4 Å². The van der Waals surface area contributed by atoms with E-state index < -0.39 is 5.91 Å². The summed E-state index contributed by atoms with van der Waals surface area (Å²) in [4.78, 5) is 12.6. The van der Waals surface area contributed by atoms with E-state index in [-0.39, 0.29) is 5.57 Å². The number of hydrogen-bond acceptors (Lipinski definition) is 5. The van der Waals surface area contributed by atoms with Crippen molar-refractivity contribution in [3.05, 3.63) is 52.0 Å². The van der Waals surface area contributed by atoms with E-state index in [9.17, 15) is 10.1 Å². The van der Waals surface area contributed by atoms with Crippen molar-refractivity contribution in [3.8, 4) is 23.3 Å². The molecule has 0 heterocycles. The van der Waals surface area contributed by atoms with Gasteiger partial charge in [-0.3, -0.25) is 4.79 Å². The van der Waals surface area contributed by atoms with E-state index in [1.54, 1.807) is 36.4 Å². The van der Waals surface area contributed by atoms with Crippen molar-refractivity contribution in [3.63, 3.8) is 0 Å². The number of anilines is 1. The second-order valence-corrected chi connectivity index (χ2v) is 7.04. The van der Waals surface area contributed by atoms with Crippen LogP contribution >= 0.6 is 15.9 Å². The zero-order valence-corrected chi connectivity index (χ0v) is 18.9. The van der Waals surface area contributed by atoms with Crippen LogP contribution in [0, 0.1) is 11.3 Å². The first-order chi connectivity index (χ1) is 14.5. The summed E-state index contributed by atoms with van der Waals surface area (Å²) in [5.74, 6) is 1.38. The third-order valence-electron chi connectivity index (χ3n) is 3.91. The summed E-state index contributed by atoms with van der Waals surface area (Å²) < 4.78 is 17.5. The Morgan fingerprint density at radius 2 is 1.73 bits per heavy atom. The minimum atomic E-state index is -0.502. The van der Waals surface area contributed by atoms with Gasteiger partial charge in [-0.25, -0.2) is 0 Å². The molecule has 30 heavy (non-hydrogen) atoms. The summed E-state index contributed by atoms with van der Waals surface area (Å²) in [7, 11) is 0. The molecule has 0 aliphatic heterocycles. The smallest absolute Gasteiger partial charge is 0.266 e. The molecule has 0 radical (unpaired) electrons. The van der Waals surface area contributed by atoms with Crippen molar-refractivity contribution in [2.45, 2.75) is 27.2 Å². The second kappa shape index (κ2) is 11.9. The van der Waals surface area contributed by atoms with E-state index in [1.165, 1.54) is 6.08 Å². The number of ether oxygens (including phenoxy) is 3. The highest BCUT2D eigenvalue weighted by atomic mass is 79.9. The fourth-order valence-corrected chi connectivity index (χ4v) is 3.00. The normalized spacial score (nSPS) is 10.8. The van der Waals surface area contributed by atoms with Gasteiger partial charge in [-0.1, -0.05) is 22.9 Å². The Morgan fingerprint density at radius 3 is 2.33 bits per heavy atom. The third-order valence-corrected chi connectivity index (χ3v) is 4.60. The Kier molecular flexibility index (Phi) is 9.23. The molecule has 7 heteroatoms. The quantitative estimate of drug-likeness (QED) is 0.360. The molecule has 0 aromatic heterocycles. The van der Waals surface area contributed by atoms with Gasteiger partial charge in [0.2, 0.25) is 0 Å². The lowest BCUT2D eigenvalue weighted by molar-refractivity contribution is -0.112. The average Bonchev–Trinajstić information content (AvgIpc) is 2.74. The van der Waals surface area contributed by atoms with E-state index in [4.69, 9.17) is 14.2 Å². The first-order valence-electron chi connectivity index (χ1n) is 9.77. The van der Waals surface area contributed by atoms with Gasteiger partial charge in [0.1, 0.15) is 17.4 Å². The van der Waals surface area contributed by atoms with Gasteiger partial charge in [0, 0.05) is 10.2 Å². The van der Waals surface area contributed by atoms with Crippen molar-refractivity contribution in [1.82, 2.24) is 0 Å². The third kappa shape index (κ3) is 6.53. The first kappa shape index (κ1) is 23.3. The highest BCUT2D eigenvalue weighted by Crippen LogP contribution is 2.35. The number of benzene rings is 2. The Morgan fingerprint density at radius 1 is 1.07 bits per heavy atom. The molecule has 0 saturated heterocycles. The molecule has 158 valence electrons. The van der Waals surface area contributed by atoms with Crippen LogP contribution in [-0.2, 0) is 4.79 Å². The summed E-state index contributed by atoms with van der Waals surface area (Å²) in [6.07, 6.45) is 2.38. The standard InChI is InChI=1S/C23H25BrN2O4/c1-4-11-30-22-14-20(24)16(13-21(22)29-6-3)12-17(15-25)23(27)26-18-7-9-19(10-8-18)28-5-2/h7-10,12-14H,4-6,11H2,1-3H3,(H,26,27). The monoisotopic (exact) mass is 472 g/mol. The number of nitriles is 1. The molecule has 2 aromatic rings. The molecule has 0 spiro atoms. The Bertz CT molecular complexity index is 933. The van der Waals surface area contributed by atoms with Crippen LogP contribution in [-0.4, -0.2) is 25.7 Å². The van der Waals surface area contributed by atoms with Gasteiger partial charge in [0.05, 0.1) is 19.8 Å². The minimum absolute atomic E-state index is 0.0331. The maximum absolute atomic E-state index is 12.6. The van der Waals surface area contributed by atoms with Gasteiger partial charge in [0.15, 0.2) is 11.5 Å². The van der Waals surface area contributed by atoms with E-state index in [0.29, 0.717) is 52.8 Å². The van der Waals surface area contributed by atoms with Crippen LogP contribution in [0.3, 0.4) is 0 Å². The lowest BCUT2D eigenvalue weighted by Gasteiger charge is -2.13. The summed E-state index contributed by atoms with van der Waals surface area (Å²) in [6.45, 7) is 7.40. The van der Waals surface area contributed by atoms with Crippen LogP contribution in [0.2, 0.25) is 0 Å². The van der Waals surface area contributed by atoms with E-state index in [0.717, 1.165) is 6.42 Å². The maximum atomic E-state index is 12.6. The van der Waals surface area contributed by atoms with E-state index in [1.807, 2.05) is 26.8 Å². The maximum Gasteiger partial charge on any atom is 0.266 e. The Balaban J connectivity index is 2.26. The highest BCUT2D eigenvalue weighted by Gasteiger charge is 2.14. The van der Waals surface area contributed by atoms with Crippen LogP contribution < -0.4 is 19.5 Å². The largest absolute Gasteiger partial charge is 0.494 e. The molecule has 0 atom stereocenters. The van der Waals surface area contributed by atoms with Crippen molar-refractivity contribution >= 4 is 33.6 Å². The number of rotatable bonds is 10. The SMILES string of the molecule is CCCOc1cc(Br)c(C=C(C#N)C(=O)Nc2ccc(OCC)cc2)cc1OCC. The fourth-order valence-electron chi connectivity index (χ4n) is 2.56. The topological polar surface area (TPSA) is 80.6 Å². The zero-order chi connectivity index (χ0) is 21.9. The lowest BCUT2D eigenvalue weighted by Crippen LogP contribution is -2.13. The number of carbonyl (C=O) groups is 1. The average molecular weight is 473 g/mol.